The van der Waals surface area contributed by atoms with Gasteiger partial charge in [-0.3, -0.25) is 0 Å². The van der Waals surface area contributed by atoms with E-state index >= 15 is 0 Å². The van der Waals surface area contributed by atoms with Crippen molar-refractivity contribution in [1.29, 1.82) is 0 Å². The number of hydrogen-bond donors (Lipinski definition) is 0. The Balaban J connectivity index is 1.54. The molecule has 0 bridgehead atoms. The third-order valence-corrected chi connectivity index (χ3v) is 5.54. The molecule has 2 aromatic rings. The molecule has 0 aliphatic carbocycles. The number of epoxide rings is 1. The van der Waals surface area contributed by atoms with Crippen LogP contribution in [0.4, 0.5) is 0 Å². The van der Waals surface area contributed by atoms with Crippen LogP contribution in [0.2, 0.25) is 0 Å². The fraction of sp³-hybridized carbons (Fsp3) is 0.294. The molecule has 4 nitrogen and oxygen atoms in total. The lowest BCUT2D eigenvalue weighted by Gasteiger charge is -2.03. The maximum Gasteiger partial charge on any atom is 0.207 e. The third-order valence-electron chi connectivity index (χ3n) is 3.58. The number of benzene rings is 2. The Morgan fingerprint density at radius 2 is 1.73 bits per heavy atom. The first-order valence-corrected chi connectivity index (χ1v) is 8.70. The van der Waals surface area contributed by atoms with Gasteiger partial charge in [0.15, 0.2) is 5.44 Å². The molecule has 2 atom stereocenters. The zero-order valence-corrected chi connectivity index (χ0v) is 13.1. The number of aryl methyl sites for hydroxylation is 1. The zero-order valence-electron chi connectivity index (χ0n) is 12.3. The van der Waals surface area contributed by atoms with Crippen LogP contribution in [0.1, 0.15) is 11.1 Å². The van der Waals surface area contributed by atoms with Gasteiger partial charge in [0.2, 0.25) is 9.84 Å². The molecule has 0 amide bonds. The lowest BCUT2D eigenvalue weighted by atomic mass is 10.2. The molecule has 0 N–H and O–H groups in total. The van der Waals surface area contributed by atoms with Crippen LogP contribution >= 0.6 is 0 Å². The maximum absolute atomic E-state index is 12.4. The fourth-order valence-corrected chi connectivity index (χ4v) is 3.80. The first-order valence-electron chi connectivity index (χ1n) is 7.15. The maximum atomic E-state index is 12.4. The molecule has 2 aromatic carbocycles. The van der Waals surface area contributed by atoms with Gasteiger partial charge in [0.05, 0.1) is 18.1 Å². The third kappa shape index (κ3) is 3.38. The molecule has 0 unspecified atom stereocenters. The van der Waals surface area contributed by atoms with Crippen LogP contribution in [0.3, 0.4) is 0 Å². The number of ether oxygens (including phenoxy) is 2. The smallest absolute Gasteiger partial charge is 0.207 e. The summed E-state index contributed by atoms with van der Waals surface area (Å²) >= 11 is 0. The van der Waals surface area contributed by atoms with E-state index in [-0.39, 0.29) is 12.7 Å². The first-order chi connectivity index (χ1) is 10.6. The molecule has 1 aliphatic heterocycles. The fourth-order valence-electron chi connectivity index (χ4n) is 2.25. The summed E-state index contributed by atoms with van der Waals surface area (Å²) in [6, 6.07) is 16.6. The van der Waals surface area contributed by atoms with Gasteiger partial charge in [-0.05, 0) is 24.6 Å². The molecule has 0 radical (unpaired) electrons. The van der Waals surface area contributed by atoms with Crippen LogP contribution in [0, 0.1) is 6.92 Å². The van der Waals surface area contributed by atoms with E-state index in [1.807, 2.05) is 37.3 Å². The molecule has 0 saturated carbocycles. The van der Waals surface area contributed by atoms with Gasteiger partial charge in [0.1, 0.15) is 6.10 Å². The van der Waals surface area contributed by atoms with Crippen molar-refractivity contribution < 1.29 is 17.9 Å². The average molecular weight is 318 g/mol. The van der Waals surface area contributed by atoms with Gasteiger partial charge in [-0.25, -0.2) is 8.42 Å². The van der Waals surface area contributed by atoms with Gasteiger partial charge in [-0.2, -0.15) is 0 Å². The Bertz CT molecular complexity index is 723. The van der Waals surface area contributed by atoms with Gasteiger partial charge in [0.25, 0.3) is 0 Å². The molecule has 5 heteroatoms. The van der Waals surface area contributed by atoms with Gasteiger partial charge >= 0.3 is 0 Å². The minimum absolute atomic E-state index is 0.282. The number of sulfone groups is 1. The molecule has 0 spiro atoms. The summed E-state index contributed by atoms with van der Waals surface area (Å²) in [5, 5.41) is 0. The zero-order chi connectivity index (χ0) is 15.6. The van der Waals surface area contributed by atoms with Crippen LogP contribution in [-0.2, 0) is 25.9 Å². The molecule has 0 aromatic heterocycles. The Morgan fingerprint density at radius 1 is 1.05 bits per heavy atom. The predicted octanol–water partition coefficient (Wildman–Crippen LogP) is 2.71. The highest BCUT2D eigenvalue weighted by Crippen LogP contribution is 2.33. The van der Waals surface area contributed by atoms with Crippen LogP contribution in [0.15, 0.2) is 59.5 Å². The van der Waals surface area contributed by atoms with E-state index in [0.29, 0.717) is 11.5 Å². The molecular weight excluding hydrogens is 300 g/mol. The average Bonchev–Trinajstić information content (AvgIpc) is 3.29. The Kier molecular flexibility index (Phi) is 4.29. The minimum Gasteiger partial charge on any atom is -0.374 e. The first kappa shape index (κ1) is 15.2. The normalized spacial score (nSPS) is 20.8. The van der Waals surface area contributed by atoms with Gasteiger partial charge in [-0.1, -0.05) is 48.0 Å². The van der Waals surface area contributed by atoms with E-state index in [1.54, 1.807) is 24.3 Å². The minimum atomic E-state index is -3.43. The summed E-state index contributed by atoms with van der Waals surface area (Å²) in [4.78, 5) is 0.300. The second kappa shape index (κ2) is 6.20. The van der Waals surface area contributed by atoms with E-state index in [9.17, 15) is 8.42 Å². The standard InChI is InChI=1S/C17H18O4S/c1-13-7-9-15(10-8-13)22(18,19)17-16(21-17)12-20-11-14-5-3-2-4-6-14/h2-10,16-17H,11-12H2,1H3/t16-,17+/m0/s1. The molecule has 1 aliphatic rings. The van der Waals surface area contributed by atoms with Gasteiger partial charge < -0.3 is 9.47 Å². The molecular formula is C17H18O4S. The van der Waals surface area contributed by atoms with Crippen molar-refractivity contribution in [3.05, 3.63) is 65.7 Å². The van der Waals surface area contributed by atoms with Crippen molar-refractivity contribution in [2.75, 3.05) is 6.61 Å². The second-order valence-electron chi connectivity index (χ2n) is 5.40. The van der Waals surface area contributed by atoms with Gasteiger partial charge in [-0.15, -0.1) is 0 Å². The van der Waals surface area contributed by atoms with Crippen LogP contribution in [-0.4, -0.2) is 26.6 Å². The van der Waals surface area contributed by atoms with E-state index in [2.05, 4.69) is 0 Å². The Hall–Kier alpha value is -1.69. The quantitative estimate of drug-likeness (QED) is 0.769. The summed E-state index contributed by atoms with van der Waals surface area (Å²) in [5.41, 5.74) is 1.30. The Labute approximate surface area is 130 Å². The van der Waals surface area contributed by atoms with Crippen molar-refractivity contribution in [3.63, 3.8) is 0 Å². The lowest BCUT2D eigenvalue weighted by Crippen LogP contribution is -2.14. The van der Waals surface area contributed by atoms with E-state index in [4.69, 9.17) is 9.47 Å². The molecule has 116 valence electrons. The lowest BCUT2D eigenvalue weighted by molar-refractivity contribution is 0.104. The monoisotopic (exact) mass is 318 g/mol. The summed E-state index contributed by atoms with van der Waals surface area (Å²) < 4.78 is 35.6. The second-order valence-corrected chi connectivity index (χ2v) is 7.43. The van der Waals surface area contributed by atoms with E-state index < -0.39 is 15.3 Å². The molecule has 22 heavy (non-hydrogen) atoms. The van der Waals surface area contributed by atoms with Crippen molar-refractivity contribution in [2.45, 2.75) is 30.0 Å². The van der Waals surface area contributed by atoms with Gasteiger partial charge in [0, 0.05) is 0 Å². The van der Waals surface area contributed by atoms with E-state index in [0.717, 1.165) is 11.1 Å². The topological polar surface area (TPSA) is 55.9 Å². The van der Waals surface area contributed by atoms with Crippen LogP contribution in [0.25, 0.3) is 0 Å². The predicted molar refractivity (Wildman–Crippen MR) is 83.1 cm³/mol. The van der Waals surface area contributed by atoms with Crippen LogP contribution < -0.4 is 0 Å². The van der Waals surface area contributed by atoms with Crippen LogP contribution in [0.5, 0.6) is 0 Å². The summed E-state index contributed by atoms with van der Waals surface area (Å²) in [6.07, 6.45) is -0.380. The summed E-state index contributed by atoms with van der Waals surface area (Å²) in [6.45, 7) is 2.66. The number of hydrogen-bond acceptors (Lipinski definition) is 4. The highest BCUT2D eigenvalue weighted by atomic mass is 32.2. The summed E-state index contributed by atoms with van der Waals surface area (Å²) in [5.74, 6) is 0. The van der Waals surface area contributed by atoms with Crippen molar-refractivity contribution in [1.82, 2.24) is 0 Å². The Morgan fingerprint density at radius 3 is 2.41 bits per heavy atom. The molecule has 1 fully saturated rings. The SMILES string of the molecule is Cc1ccc(S(=O)(=O)[C@H]2O[C@H]2COCc2ccccc2)cc1. The molecule has 1 saturated heterocycles. The van der Waals surface area contributed by atoms with Crippen molar-refractivity contribution >= 4 is 9.84 Å². The highest BCUT2D eigenvalue weighted by Gasteiger charge is 2.50. The highest BCUT2D eigenvalue weighted by molar-refractivity contribution is 7.92. The van der Waals surface area contributed by atoms with E-state index in [1.165, 1.54) is 0 Å². The largest absolute Gasteiger partial charge is 0.374 e. The van der Waals surface area contributed by atoms with Crippen molar-refractivity contribution in [3.8, 4) is 0 Å². The van der Waals surface area contributed by atoms with Crippen molar-refractivity contribution in [2.24, 2.45) is 0 Å². The number of rotatable bonds is 6. The summed E-state index contributed by atoms with van der Waals surface area (Å²) in [7, 11) is -3.43. The molecule has 1 heterocycles. The molecule has 3 rings (SSSR count).